The molecule has 1 amide bonds. The van der Waals surface area contributed by atoms with Crippen molar-refractivity contribution < 1.29 is 17.9 Å². The van der Waals surface area contributed by atoms with E-state index in [2.05, 4.69) is 4.99 Å². The number of thioether (sulfide) groups is 1. The molecule has 0 bridgehead atoms. The molecule has 6 nitrogen and oxygen atoms in total. The Bertz CT molecular complexity index is 1140. The van der Waals surface area contributed by atoms with Gasteiger partial charge in [0.2, 0.25) is 0 Å². The van der Waals surface area contributed by atoms with E-state index >= 15 is 0 Å². The van der Waals surface area contributed by atoms with Gasteiger partial charge in [0.15, 0.2) is 15.0 Å². The van der Waals surface area contributed by atoms with Crippen LogP contribution < -0.4 is 9.64 Å². The molecule has 0 aromatic heterocycles. The van der Waals surface area contributed by atoms with Crippen LogP contribution in [0.3, 0.4) is 0 Å². The van der Waals surface area contributed by atoms with Crippen LogP contribution in [0.15, 0.2) is 47.5 Å². The maximum absolute atomic E-state index is 12.7. The highest BCUT2D eigenvalue weighted by atomic mass is 35.5. The normalized spacial score (nSPS) is 23.6. The zero-order valence-electron chi connectivity index (χ0n) is 15.9. The van der Waals surface area contributed by atoms with Crippen molar-refractivity contribution in [1.29, 1.82) is 0 Å². The molecule has 0 saturated carbocycles. The second kappa shape index (κ2) is 8.42. The van der Waals surface area contributed by atoms with Crippen molar-refractivity contribution >= 4 is 61.6 Å². The summed E-state index contributed by atoms with van der Waals surface area (Å²) in [6, 6.07) is 11.9. The molecule has 2 aromatic rings. The molecule has 2 aliphatic heterocycles. The first-order valence-corrected chi connectivity index (χ1v) is 12.6. The van der Waals surface area contributed by atoms with Crippen molar-refractivity contribution in [2.45, 2.75) is 17.7 Å². The third-order valence-corrected chi connectivity index (χ3v) is 8.80. The molecule has 2 saturated heterocycles. The third-order valence-electron chi connectivity index (χ3n) is 4.99. The van der Waals surface area contributed by atoms with Crippen molar-refractivity contribution in [3.8, 4) is 5.75 Å². The van der Waals surface area contributed by atoms with Crippen LogP contribution in [0.1, 0.15) is 5.56 Å². The van der Waals surface area contributed by atoms with Crippen LogP contribution in [-0.2, 0) is 21.1 Å². The van der Waals surface area contributed by atoms with Crippen molar-refractivity contribution in [3.05, 3.63) is 58.1 Å². The first-order valence-electron chi connectivity index (χ1n) is 9.12. The molecule has 2 atom stereocenters. The van der Waals surface area contributed by atoms with Crippen molar-refractivity contribution in [2.75, 3.05) is 23.5 Å². The van der Waals surface area contributed by atoms with Gasteiger partial charge in [-0.2, -0.15) is 4.99 Å². The molecule has 2 aromatic carbocycles. The summed E-state index contributed by atoms with van der Waals surface area (Å²) in [4.78, 5) is 18.8. The number of carbonyl (C=O) groups is 1. The highest BCUT2D eigenvalue weighted by Crippen LogP contribution is 2.44. The predicted octanol–water partition coefficient (Wildman–Crippen LogP) is 3.85. The number of amides is 1. The number of carbonyl (C=O) groups excluding carboxylic acids is 1. The molecule has 10 heteroatoms. The van der Waals surface area contributed by atoms with Crippen LogP contribution >= 0.6 is 35.0 Å². The molecule has 2 fully saturated rings. The summed E-state index contributed by atoms with van der Waals surface area (Å²) >= 11 is 13.7. The monoisotopic (exact) mass is 484 g/mol. The molecule has 0 radical (unpaired) electrons. The van der Waals surface area contributed by atoms with Gasteiger partial charge < -0.3 is 9.64 Å². The van der Waals surface area contributed by atoms with Gasteiger partial charge in [-0.3, -0.25) is 4.79 Å². The lowest BCUT2D eigenvalue weighted by Gasteiger charge is -2.26. The predicted molar refractivity (Wildman–Crippen MR) is 122 cm³/mol. The first-order chi connectivity index (χ1) is 14.3. The van der Waals surface area contributed by atoms with Gasteiger partial charge in [-0.1, -0.05) is 53.2 Å². The molecule has 2 heterocycles. The van der Waals surface area contributed by atoms with E-state index in [1.54, 1.807) is 41.3 Å². The number of nitrogens with zero attached hydrogens (tertiary/aromatic N) is 2. The Morgan fingerprint density at radius 3 is 2.73 bits per heavy atom. The van der Waals surface area contributed by atoms with Crippen LogP contribution in [0.4, 0.5) is 5.69 Å². The van der Waals surface area contributed by atoms with E-state index in [4.69, 9.17) is 27.9 Å². The standard InChI is InChI=1S/C20H18Cl2N2O4S2/c1-28-17-7-6-13(21)9-15(17)24-16-10-30(26,27)11-18(16)29-20(24)23-19(25)8-12-4-2-3-5-14(12)22/h2-7,9,16,18H,8,10-11H2,1H3. The fraction of sp³-hybridized carbons (Fsp3) is 0.300. The molecular formula is C20H18Cl2N2O4S2. The molecule has 158 valence electrons. The lowest BCUT2D eigenvalue weighted by atomic mass is 10.1. The first kappa shape index (κ1) is 21.5. The van der Waals surface area contributed by atoms with Crippen molar-refractivity contribution in [2.24, 2.45) is 4.99 Å². The molecular weight excluding hydrogens is 467 g/mol. The minimum atomic E-state index is -3.18. The Hall–Kier alpha value is -1.74. The molecule has 30 heavy (non-hydrogen) atoms. The van der Waals surface area contributed by atoms with Gasteiger partial charge in [0.05, 0.1) is 36.8 Å². The quantitative estimate of drug-likeness (QED) is 0.655. The van der Waals surface area contributed by atoms with E-state index < -0.39 is 9.84 Å². The molecule has 4 rings (SSSR count). The van der Waals surface area contributed by atoms with Crippen LogP contribution in [-0.4, -0.2) is 49.4 Å². The number of methoxy groups -OCH3 is 1. The Morgan fingerprint density at radius 2 is 2.00 bits per heavy atom. The summed E-state index contributed by atoms with van der Waals surface area (Å²) < 4.78 is 29.9. The Kier molecular flexibility index (Phi) is 6.03. The average molecular weight is 485 g/mol. The van der Waals surface area contributed by atoms with E-state index in [1.807, 2.05) is 6.07 Å². The van der Waals surface area contributed by atoms with Gasteiger partial charge in [0.25, 0.3) is 5.91 Å². The van der Waals surface area contributed by atoms with Crippen LogP contribution in [0.5, 0.6) is 5.75 Å². The Morgan fingerprint density at radius 1 is 1.23 bits per heavy atom. The SMILES string of the molecule is COc1ccc(Cl)cc1N1C(=NC(=O)Cc2ccccc2Cl)SC2CS(=O)(=O)CC21. The molecule has 0 aliphatic carbocycles. The maximum atomic E-state index is 12.7. The minimum Gasteiger partial charge on any atom is -0.495 e. The van der Waals surface area contributed by atoms with Crippen LogP contribution in [0.2, 0.25) is 10.0 Å². The van der Waals surface area contributed by atoms with E-state index in [0.29, 0.717) is 32.2 Å². The summed E-state index contributed by atoms with van der Waals surface area (Å²) in [6.07, 6.45) is 0.0535. The van der Waals surface area contributed by atoms with E-state index in [-0.39, 0.29) is 35.1 Å². The number of aliphatic imine (C=N–C) groups is 1. The summed E-state index contributed by atoms with van der Waals surface area (Å²) in [6.45, 7) is 0. The largest absolute Gasteiger partial charge is 0.495 e. The van der Waals surface area contributed by atoms with Gasteiger partial charge in [-0.15, -0.1) is 0 Å². The highest BCUT2D eigenvalue weighted by Gasteiger charge is 2.50. The third kappa shape index (κ3) is 4.32. The lowest BCUT2D eigenvalue weighted by molar-refractivity contribution is -0.117. The second-order valence-electron chi connectivity index (χ2n) is 7.04. The number of hydrogen-bond donors (Lipinski definition) is 0. The summed E-state index contributed by atoms with van der Waals surface area (Å²) in [5.41, 5.74) is 1.28. The van der Waals surface area contributed by atoms with Gasteiger partial charge >= 0.3 is 0 Å². The summed E-state index contributed by atoms with van der Waals surface area (Å²) in [5, 5.41) is 1.20. The summed E-state index contributed by atoms with van der Waals surface area (Å²) in [7, 11) is -1.65. The number of fused-ring (bicyclic) bond motifs is 1. The number of hydrogen-bond acceptors (Lipinski definition) is 5. The molecule has 2 aliphatic rings. The fourth-order valence-electron chi connectivity index (χ4n) is 3.65. The molecule has 0 N–H and O–H groups in total. The molecule has 0 spiro atoms. The Labute approximate surface area is 189 Å². The second-order valence-corrected chi connectivity index (χ2v) is 11.2. The van der Waals surface area contributed by atoms with Gasteiger partial charge in [-0.05, 0) is 29.8 Å². The number of anilines is 1. The van der Waals surface area contributed by atoms with Crippen LogP contribution in [0.25, 0.3) is 0 Å². The van der Waals surface area contributed by atoms with Crippen molar-refractivity contribution in [1.82, 2.24) is 0 Å². The van der Waals surface area contributed by atoms with Gasteiger partial charge in [0, 0.05) is 15.3 Å². The van der Waals surface area contributed by atoms with Crippen LogP contribution in [0, 0.1) is 0 Å². The number of benzene rings is 2. The number of rotatable bonds is 4. The number of halogens is 2. The Balaban J connectivity index is 1.71. The van der Waals surface area contributed by atoms with Gasteiger partial charge in [-0.25, -0.2) is 8.42 Å². The van der Waals surface area contributed by atoms with E-state index in [1.165, 1.54) is 18.9 Å². The summed E-state index contributed by atoms with van der Waals surface area (Å²) in [5.74, 6) is 0.188. The zero-order valence-corrected chi connectivity index (χ0v) is 19.1. The number of amidine groups is 1. The zero-order chi connectivity index (χ0) is 21.5. The maximum Gasteiger partial charge on any atom is 0.252 e. The van der Waals surface area contributed by atoms with Gasteiger partial charge in [0.1, 0.15) is 5.75 Å². The van der Waals surface area contributed by atoms with E-state index in [9.17, 15) is 13.2 Å². The topological polar surface area (TPSA) is 76.0 Å². The highest BCUT2D eigenvalue weighted by molar-refractivity contribution is 8.16. The molecule has 2 unspecified atom stereocenters. The lowest BCUT2D eigenvalue weighted by Crippen LogP contribution is -2.38. The van der Waals surface area contributed by atoms with E-state index in [0.717, 1.165) is 0 Å². The number of sulfone groups is 1. The number of ether oxygens (including phenoxy) is 1. The van der Waals surface area contributed by atoms with Crippen molar-refractivity contribution in [3.63, 3.8) is 0 Å². The average Bonchev–Trinajstić information content (AvgIpc) is 3.14. The fourth-order valence-corrected chi connectivity index (χ4v) is 7.94. The minimum absolute atomic E-state index is 0.0158. The smallest absolute Gasteiger partial charge is 0.252 e.